The lowest BCUT2D eigenvalue weighted by atomic mass is 10.1. The van der Waals surface area contributed by atoms with Crippen molar-refractivity contribution in [2.45, 2.75) is 6.92 Å². The van der Waals surface area contributed by atoms with Crippen molar-refractivity contribution in [3.63, 3.8) is 0 Å². The molecular formula is C23H25N5O4. The minimum Gasteiger partial charge on any atom is -0.497 e. The van der Waals surface area contributed by atoms with Gasteiger partial charge in [0.1, 0.15) is 11.4 Å². The number of ether oxygens (including phenoxy) is 1. The maximum Gasteiger partial charge on any atom is 0.272 e. The molecule has 0 unspecified atom stereocenters. The normalized spacial score (nSPS) is 14.4. The molecule has 0 bridgehead atoms. The summed E-state index contributed by atoms with van der Waals surface area (Å²) < 4.78 is 6.88. The van der Waals surface area contributed by atoms with E-state index in [0.29, 0.717) is 35.9 Å². The van der Waals surface area contributed by atoms with Gasteiger partial charge in [0, 0.05) is 43.9 Å². The Kier molecular flexibility index (Phi) is 6.18. The number of carbonyl (C=O) groups excluding carboxylic acids is 1. The molecule has 2 aromatic carbocycles. The molecule has 1 aromatic heterocycles. The Balaban J connectivity index is 1.73. The Labute approximate surface area is 186 Å². The van der Waals surface area contributed by atoms with Gasteiger partial charge >= 0.3 is 0 Å². The van der Waals surface area contributed by atoms with Gasteiger partial charge in [-0.05, 0) is 36.9 Å². The summed E-state index contributed by atoms with van der Waals surface area (Å²) in [7, 11) is 1.60. The number of nitro groups is 1. The summed E-state index contributed by atoms with van der Waals surface area (Å²) >= 11 is 0. The molecule has 0 saturated carbocycles. The van der Waals surface area contributed by atoms with Crippen LogP contribution in [0.25, 0.3) is 16.9 Å². The molecule has 1 fully saturated rings. The highest BCUT2D eigenvalue weighted by atomic mass is 16.6. The third-order valence-electron chi connectivity index (χ3n) is 5.71. The Bertz CT molecular complexity index is 1120. The second kappa shape index (κ2) is 9.19. The lowest BCUT2D eigenvalue weighted by Crippen LogP contribution is -2.48. The zero-order chi connectivity index (χ0) is 22.7. The quantitative estimate of drug-likeness (QED) is 0.436. The third kappa shape index (κ3) is 4.33. The van der Waals surface area contributed by atoms with Crippen LogP contribution >= 0.6 is 0 Å². The van der Waals surface area contributed by atoms with E-state index in [-0.39, 0.29) is 11.6 Å². The van der Waals surface area contributed by atoms with Crippen molar-refractivity contribution >= 4 is 11.6 Å². The summed E-state index contributed by atoms with van der Waals surface area (Å²) in [5.41, 5.74) is 2.42. The first-order chi connectivity index (χ1) is 15.5. The van der Waals surface area contributed by atoms with Crippen molar-refractivity contribution in [3.05, 3.63) is 70.4 Å². The number of likely N-dealkylation sites (N-methyl/N-ethyl adjacent to an activating group) is 1. The highest BCUT2D eigenvalue weighted by molar-refractivity contribution is 5.94. The highest BCUT2D eigenvalue weighted by Crippen LogP contribution is 2.26. The van der Waals surface area contributed by atoms with E-state index in [1.165, 1.54) is 12.1 Å². The van der Waals surface area contributed by atoms with E-state index in [0.717, 1.165) is 25.2 Å². The number of benzene rings is 2. The molecule has 9 nitrogen and oxygen atoms in total. The van der Waals surface area contributed by atoms with Gasteiger partial charge in [-0.2, -0.15) is 5.10 Å². The molecule has 3 aromatic rings. The monoisotopic (exact) mass is 435 g/mol. The number of aromatic nitrogens is 2. The Morgan fingerprint density at radius 3 is 2.44 bits per heavy atom. The van der Waals surface area contributed by atoms with Crippen LogP contribution in [0.4, 0.5) is 5.69 Å². The molecule has 0 aliphatic carbocycles. The van der Waals surface area contributed by atoms with Gasteiger partial charge in [-0.3, -0.25) is 14.9 Å². The molecule has 0 radical (unpaired) electrons. The summed E-state index contributed by atoms with van der Waals surface area (Å²) in [6, 6.07) is 15.3. The van der Waals surface area contributed by atoms with Crippen LogP contribution in [0.15, 0.2) is 54.6 Å². The number of nitro benzene ring substituents is 1. The van der Waals surface area contributed by atoms with Crippen molar-refractivity contribution in [2.75, 3.05) is 39.8 Å². The Morgan fingerprint density at radius 1 is 1.09 bits per heavy atom. The number of hydrogen-bond acceptors (Lipinski definition) is 6. The first-order valence-electron chi connectivity index (χ1n) is 10.5. The second-order valence-corrected chi connectivity index (χ2v) is 7.56. The predicted molar refractivity (Wildman–Crippen MR) is 120 cm³/mol. The fourth-order valence-corrected chi connectivity index (χ4v) is 3.80. The molecule has 1 amide bonds. The van der Waals surface area contributed by atoms with Gasteiger partial charge in [-0.1, -0.05) is 19.1 Å². The molecular weight excluding hydrogens is 410 g/mol. The zero-order valence-electron chi connectivity index (χ0n) is 18.1. The van der Waals surface area contributed by atoms with Crippen LogP contribution < -0.4 is 4.74 Å². The summed E-state index contributed by atoms with van der Waals surface area (Å²) in [6.07, 6.45) is 0. The largest absolute Gasteiger partial charge is 0.497 e. The van der Waals surface area contributed by atoms with Crippen LogP contribution in [0.1, 0.15) is 17.4 Å². The number of methoxy groups -OCH3 is 1. The van der Waals surface area contributed by atoms with E-state index in [2.05, 4.69) is 16.9 Å². The van der Waals surface area contributed by atoms with Gasteiger partial charge in [0.05, 0.1) is 23.4 Å². The van der Waals surface area contributed by atoms with E-state index in [1.807, 2.05) is 29.2 Å². The predicted octanol–water partition coefficient (Wildman–Crippen LogP) is 3.23. The van der Waals surface area contributed by atoms with Crippen molar-refractivity contribution < 1.29 is 14.5 Å². The summed E-state index contributed by atoms with van der Waals surface area (Å²) in [4.78, 5) is 28.2. The van der Waals surface area contributed by atoms with Crippen molar-refractivity contribution in [1.82, 2.24) is 19.6 Å². The molecule has 1 saturated heterocycles. The minimum absolute atomic E-state index is 0.0162. The Hall–Kier alpha value is -3.72. The summed E-state index contributed by atoms with van der Waals surface area (Å²) in [6.45, 7) is 6.02. The molecule has 0 N–H and O–H groups in total. The number of non-ortho nitro benzene ring substituents is 1. The SMILES string of the molecule is CCN1CCN(C(=O)c2cc(-c3cccc(OC)c3)nn2-c2ccc([N+](=O)[O-])cc2)CC1. The van der Waals surface area contributed by atoms with E-state index in [1.54, 1.807) is 30.0 Å². The molecule has 0 atom stereocenters. The lowest BCUT2D eigenvalue weighted by Gasteiger charge is -2.34. The number of carbonyl (C=O) groups is 1. The summed E-state index contributed by atoms with van der Waals surface area (Å²) in [5.74, 6) is 0.580. The van der Waals surface area contributed by atoms with Gasteiger partial charge in [0.2, 0.25) is 0 Å². The Morgan fingerprint density at radius 2 is 1.81 bits per heavy atom. The number of amides is 1. The second-order valence-electron chi connectivity index (χ2n) is 7.56. The summed E-state index contributed by atoms with van der Waals surface area (Å²) in [5, 5.41) is 15.7. The lowest BCUT2D eigenvalue weighted by molar-refractivity contribution is -0.384. The maximum absolute atomic E-state index is 13.4. The first kappa shape index (κ1) is 21.5. The maximum atomic E-state index is 13.4. The van der Waals surface area contributed by atoms with Crippen LogP contribution in [-0.4, -0.2) is 70.2 Å². The molecule has 1 aliphatic heterocycles. The van der Waals surface area contributed by atoms with Crippen LogP contribution in [0.5, 0.6) is 5.75 Å². The topological polar surface area (TPSA) is 93.7 Å². The van der Waals surface area contributed by atoms with Crippen molar-refractivity contribution in [1.29, 1.82) is 0 Å². The van der Waals surface area contributed by atoms with E-state index >= 15 is 0 Å². The molecule has 0 spiro atoms. The van der Waals surface area contributed by atoms with Crippen LogP contribution in [-0.2, 0) is 0 Å². The first-order valence-corrected chi connectivity index (χ1v) is 10.5. The molecule has 2 heterocycles. The van der Waals surface area contributed by atoms with Crippen LogP contribution in [0.3, 0.4) is 0 Å². The van der Waals surface area contributed by atoms with Crippen molar-refractivity contribution in [3.8, 4) is 22.7 Å². The number of nitrogens with zero attached hydrogens (tertiary/aromatic N) is 5. The van der Waals surface area contributed by atoms with Gasteiger partial charge in [0.15, 0.2) is 0 Å². The standard InChI is InChI=1S/C23H25N5O4/c1-3-25-11-13-26(14-12-25)23(29)22-16-21(17-5-4-6-20(15-17)32-2)24-27(22)18-7-9-19(10-8-18)28(30)31/h4-10,15-16H,3,11-14H2,1-2H3. The van der Waals surface area contributed by atoms with Gasteiger partial charge in [0.25, 0.3) is 11.6 Å². The van der Waals surface area contributed by atoms with E-state index < -0.39 is 4.92 Å². The fourth-order valence-electron chi connectivity index (χ4n) is 3.80. The smallest absolute Gasteiger partial charge is 0.272 e. The van der Waals surface area contributed by atoms with E-state index in [9.17, 15) is 14.9 Å². The van der Waals surface area contributed by atoms with Gasteiger partial charge < -0.3 is 14.5 Å². The van der Waals surface area contributed by atoms with Gasteiger partial charge in [-0.25, -0.2) is 4.68 Å². The van der Waals surface area contributed by atoms with E-state index in [4.69, 9.17) is 4.74 Å². The third-order valence-corrected chi connectivity index (χ3v) is 5.71. The number of hydrogen-bond donors (Lipinski definition) is 0. The average molecular weight is 435 g/mol. The number of piperazine rings is 1. The molecule has 9 heteroatoms. The molecule has 4 rings (SSSR count). The molecule has 32 heavy (non-hydrogen) atoms. The highest BCUT2D eigenvalue weighted by Gasteiger charge is 2.26. The molecule has 166 valence electrons. The average Bonchev–Trinajstić information content (AvgIpc) is 3.29. The zero-order valence-corrected chi connectivity index (χ0v) is 18.1. The molecule has 1 aliphatic rings. The number of rotatable bonds is 6. The van der Waals surface area contributed by atoms with Crippen molar-refractivity contribution in [2.24, 2.45) is 0 Å². The fraction of sp³-hybridized carbons (Fsp3) is 0.304. The minimum atomic E-state index is -0.451. The van der Waals surface area contributed by atoms with Crippen LogP contribution in [0.2, 0.25) is 0 Å². The van der Waals surface area contributed by atoms with Gasteiger partial charge in [-0.15, -0.1) is 0 Å². The van der Waals surface area contributed by atoms with Crippen LogP contribution in [0, 0.1) is 10.1 Å².